The zero-order valence-corrected chi connectivity index (χ0v) is 14.1. The molecule has 2 amide bonds. The van der Waals surface area contributed by atoms with E-state index < -0.39 is 11.7 Å². The maximum absolute atomic E-state index is 13.1. The summed E-state index contributed by atoms with van der Waals surface area (Å²) in [5, 5.41) is 5.35. The van der Waals surface area contributed by atoms with E-state index in [1.807, 2.05) is 0 Å². The third-order valence-electron chi connectivity index (χ3n) is 3.99. The highest BCUT2D eigenvalue weighted by molar-refractivity contribution is 6.31. The minimum Gasteiger partial charge on any atom is -0.497 e. The van der Waals surface area contributed by atoms with Crippen LogP contribution in [0.25, 0.3) is 0 Å². The molecule has 2 N–H and O–H groups in total. The predicted octanol–water partition coefficient (Wildman–Crippen LogP) is 3.70. The molecule has 25 heavy (non-hydrogen) atoms. The Hall–Kier alpha value is -2.60. The Kier molecular flexibility index (Phi) is 4.90. The molecule has 2 aromatic carbocycles. The Morgan fingerprint density at radius 3 is 2.32 bits per heavy atom. The van der Waals surface area contributed by atoms with E-state index in [4.69, 9.17) is 16.3 Å². The van der Waals surface area contributed by atoms with Gasteiger partial charge >= 0.3 is 0 Å². The van der Waals surface area contributed by atoms with Gasteiger partial charge in [0.25, 0.3) is 0 Å². The van der Waals surface area contributed by atoms with Crippen LogP contribution in [0.2, 0.25) is 5.02 Å². The van der Waals surface area contributed by atoms with Crippen LogP contribution in [0.4, 0.5) is 15.8 Å². The number of nitrogens with one attached hydrogen (secondary N) is 2. The first-order valence-corrected chi connectivity index (χ1v) is 8.06. The molecule has 1 aliphatic rings. The first kappa shape index (κ1) is 17.2. The van der Waals surface area contributed by atoms with Crippen molar-refractivity contribution < 1.29 is 18.7 Å². The van der Waals surface area contributed by atoms with Gasteiger partial charge in [0.15, 0.2) is 0 Å². The van der Waals surface area contributed by atoms with Gasteiger partial charge in [-0.2, -0.15) is 0 Å². The normalized spacial score (nSPS) is 18.4. The third kappa shape index (κ3) is 4.09. The van der Waals surface area contributed by atoms with Gasteiger partial charge in [-0.25, -0.2) is 4.39 Å². The van der Waals surface area contributed by atoms with E-state index in [2.05, 4.69) is 10.6 Å². The maximum Gasteiger partial charge on any atom is 0.228 e. The van der Waals surface area contributed by atoms with Crippen LogP contribution >= 0.6 is 11.6 Å². The Bertz CT molecular complexity index is 828. The van der Waals surface area contributed by atoms with Gasteiger partial charge in [-0.1, -0.05) is 17.7 Å². The van der Waals surface area contributed by atoms with Crippen molar-refractivity contribution in [2.45, 2.75) is 6.42 Å². The Morgan fingerprint density at radius 2 is 1.72 bits per heavy atom. The summed E-state index contributed by atoms with van der Waals surface area (Å²) >= 11 is 5.69. The lowest BCUT2D eigenvalue weighted by atomic mass is 10.2. The van der Waals surface area contributed by atoms with E-state index in [0.717, 1.165) is 0 Å². The number of methoxy groups -OCH3 is 1. The number of carbonyl (C=O) groups excluding carboxylic acids is 2. The lowest BCUT2D eigenvalue weighted by molar-refractivity contribution is -0.122. The van der Waals surface area contributed by atoms with Crippen LogP contribution in [0, 0.1) is 17.7 Å². The molecule has 0 heterocycles. The van der Waals surface area contributed by atoms with E-state index in [9.17, 15) is 14.0 Å². The highest BCUT2D eigenvalue weighted by atomic mass is 35.5. The number of carbonyl (C=O) groups is 2. The summed E-state index contributed by atoms with van der Waals surface area (Å²) < 4.78 is 18.2. The van der Waals surface area contributed by atoms with Crippen LogP contribution in [0.5, 0.6) is 5.75 Å². The molecule has 1 saturated carbocycles. The molecule has 0 aliphatic heterocycles. The molecule has 5 nitrogen and oxygen atoms in total. The van der Waals surface area contributed by atoms with Crippen LogP contribution < -0.4 is 15.4 Å². The van der Waals surface area contributed by atoms with Gasteiger partial charge in [-0.05, 0) is 36.8 Å². The smallest absolute Gasteiger partial charge is 0.228 e. The van der Waals surface area contributed by atoms with E-state index in [-0.39, 0.29) is 22.8 Å². The van der Waals surface area contributed by atoms with E-state index in [1.54, 1.807) is 31.4 Å². The molecule has 2 atom stereocenters. The molecule has 1 fully saturated rings. The van der Waals surface area contributed by atoms with Crippen LogP contribution in [-0.4, -0.2) is 18.9 Å². The van der Waals surface area contributed by atoms with E-state index in [0.29, 0.717) is 23.5 Å². The Balaban J connectivity index is 1.56. The van der Waals surface area contributed by atoms with E-state index in [1.165, 1.54) is 18.2 Å². The molecular formula is C18H16ClFN2O3. The van der Waals surface area contributed by atoms with Crippen molar-refractivity contribution in [2.75, 3.05) is 17.7 Å². The SMILES string of the molecule is COc1cccc(NC(=O)C2CC2C(=O)Nc2ccc(F)c(Cl)c2)c1. The number of amides is 2. The molecule has 2 unspecified atom stereocenters. The van der Waals surface area contributed by atoms with Gasteiger partial charge in [0.05, 0.1) is 24.0 Å². The van der Waals surface area contributed by atoms with Crippen molar-refractivity contribution in [1.82, 2.24) is 0 Å². The standard InChI is InChI=1S/C18H16ClFN2O3/c1-25-12-4-2-3-10(7-12)21-17(23)13-9-14(13)18(24)22-11-5-6-16(20)15(19)8-11/h2-8,13-14H,9H2,1H3,(H,21,23)(H,22,24). The Morgan fingerprint density at radius 1 is 1.08 bits per heavy atom. The number of anilines is 2. The minimum absolute atomic E-state index is 0.0686. The quantitative estimate of drug-likeness (QED) is 0.852. The highest BCUT2D eigenvalue weighted by Gasteiger charge is 2.48. The van der Waals surface area contributed by atoms with Gasteiger partial charge in [0.1, 0.15) is 11.6 Å². The van der Waals surface area contributed by atoms with Gasteiger partial charge in [-0.3, -0.25) is 9.59 Å². The summed E-state index contributed by atoms with van der Waals surface area (Å²) in [6, 6.07) is 10.9. The molecule has 2 aromatic rings. The molecule has 0 bridgehead atoms. The summed E-state index contributed by atoms with van der Waals surface area (Å²) in [7, 11) is 1.55. The van der Waals surface area contributed by atoms with Crippen LogP contribution in [0.1, 0.15) is 6.42 Å². The van der Waals surface area contributed by atoms with Crippen molar-refractivity contribution in [3.05, 3.63) is 53.3 Å². The first-order valence-electron chi connectivity index (χ1n) is 7.69. The average molecular weight is 363 g/mol. The van der Waals surface area contributed by atoms with Gasteiger partial charge in [0.2, 0.25) is 11.8 Å². The molecule has 0 spiro atoms. The number of benzene rings is 2. The van der Waals surface area contributed by atoms with Crippen molar-refractivity contribution >= 4 is 34.8 Å². The van der Waals surface area contributed by atoms with Gasteiger partial charge < -0.3 is 15.4 Å². The molecule has 1 aliphatic carbocycles. The molecule has 3 rings (SSSR count). The fourth-order valence-electron chi connectivity index (χ4n) is 2.52. The van der Waals surface area contributed by atoms with Gasteiger partial charge in [0, 0.05) is 17.4 Å². The molecule has 0 radical (unpaired) electrons. The second-order valence-corrected chi connectivity index (χ2v) is 6.20. The summed E-state index contributed by atoms with van der Waals surface area (Å²) in [4.78, 5) is 24.4. The monoisotopic (exact) mass is 362 g/mol. The fourth-order valence-corrected chi connectivity index (χ4v) is 2.70. The Labute approximate surface area is 149 Å². The van der Waals surface area contributed by atoms with Crippen molar-refractivity contribution in [1.29, 1.82) is 0 Å². The lowest BCUT2D eigenvalue weighted by Gasteiger charge is -2.08. The number of rotatable bonds is 5. The molecule has 0 aromatic heterocycles. The molecule has 7 heteroatoms. The number of hydrogen-bond donors (Lipinski definition) is 2. The van der Waals surface area contributed by atoms with Crippen LogP contribution in [-0.2, 0) is 9.59 Å². The maximum atomic E-state index is 13.1. The highest BCUT2D eigenvalue weighted by Crippen LogP contribution is 2.40. The predicted molar refractivity (Wildman–Crippen MR) is 93.3 cm³/mol. The summed E-state index contributed by atoms with van der Waals surface area (Å²) in [5.41, 5.74) is 1.01. The van der Waals surface area contributed by atoms with Crippen LogP contribution in [0.3, 0.4) is 0 Å². The van der Waals surface area contributed by atoms with Crippen molar-refractivity contribution in [2.24, 2.45) is 11.8 Å². The van der Waals surface area contributed by atoms with Gasteiger partial charge in [-0.15, -0.1) is 0 Å². The third-order valence-corrected chi connectivity index (χ3v) is 4.28. The van der Waals surface area contributed by atoms with Crippen molar-refractivity contribution in [3.8, 4) is 5.75 Å². The molecular weight excluding hydrogens is 347 g/mol. The number of ether oxygens (including phenoxy) is 1. The topological polar surface area (TPSA) is 67.4 Å². The fraction of sp³-hybridized carbons (Fsp3) is 0.222. The second kappa shape index (κ2) is 7.11. The average Bonchev–Trinajstić information content (AvgIpc) is 3.39. The largest absolute Gasteiger partial charge is 0.497 e. The summed E-state index contributed by atoms with van der Waals surface area (Å²) in [5.74, 6) is -1.21. The second-order valence-electron chi connectivity index (χ2n) is 5.79. The van der Waals surface area contributed by atoms with Crippen LogP contribution in [0.15, 0.2) is 42.5 Å². The number of hydrogen-bond acceptors (Lipinski definition) is 3. The first-order chi connectivity index (χ1) is 12.0. The lowest BCUT2D eigenvalue weighted by Crippen LogP contribution is -2.20. The molecule has 130 valence electrons. The number of halogens is 2. The minimum atomic E-state index is -0.554. The van der Waals surface area contributed by atoms with Crippen molar-refractivity contribution in [3.63, 3.8) is 0 Å². The zero-order valence-electron chi connectivity index (χ0n) is 13.4. The summed E-state index contributed by atoms with van der Waals surface area (Å²) in [6.07, 6.45) is 0.469. The van der Waals surface area contributed by atoms with E-state index >= 15 is 0 Å². The molecule has 0 saturated heterocycles. The zero-order chi connectivity index (χ0) is 18.0. The summed E-state index contributed by atoms with van der Waals surface area (Å²) in [6.45, 7) is 0.